The molecule has 0 aromatic rings. The maximum absolute atomic E-state index is 13.1. The van der Waals surface area contributed by atoms with E-state index in [1.807, 2.05) is 0 Å². The van der Waals surface area contributed by atoms with E-state index in [1.165, 1.54) is 6.92 Å². The molecule has 3 unspecified atom stereocenters. The molecule has 1 fully saturated rings. The predicted octanol–water partition coefficient (Wildman–Crippen LogP) is 0.786. The first-order valence-corrected chi connectivity index (χ1v) is 4.04. The van der Waals surface area contributed by atoms with Gasteiger partial charge in [-0.3, -0.25) is 4.79 Å². The lowest BCUT2D eigenvalue weighted by Gasteiger charge is -2.16. The van der Waals surface area contributed by atoms with Gasteiger partial charge in [0, 0.05) is 0 Å². The first kappa shape index (κ1) is 10.7. The lowest BCUT2D eigenvalue weighted by Crippen LogP contribution is -2.26. The van der Waals surface area contributed by atoms with Gasteiger partial charge in [-0.25, -0.2) is 4.39 Å². The third-order valence-corrected chi connectivity index (χ3v) is 2.44. The summed E-state index contributed by atoms with van der Waals surface area (Å²) < 4.78 is 13.1. The SMILES string of the molecule is CC1(C(=O)O)CC(F)C(O[N+](=O)[O-])C1. The van der Waals surface area contributed by atoms with Crippen LogP contribution in [0.5, 0.6) is 0 Å². The molecule has 80 valence electrons. The van der Waals surface area contributed by atoms with Crippen molar-refractivity contribution in [1.29, 1.82) is 0 Å². The van der Waals surface area contributed by atoms with Gasteiger partial charge in [-0.2, -0.15) is 0 Å². The molecule has 0 aliphatic heterocycles. The number of hydrogen-bond acceptors (Lipinski definition) is 4. The minimum atomic E-state index is -1.60. The van der Waals surface area contributed by atoms with Crippen molar-refractivity contribution < 1.29 is 24.2 Å². The van der Waals surface area contributed by atoms with Gasteiger partial charge in [-0.15, -0.1) is 10.1 Å². The lowest BCUT2D eigenvalue weighted by molar-refractivity contribution is -0.769. The summed E-state index contributed by atoms with van der Waals surface area (Å²) in [5.74, 6) is -1.16. The molecule has 0 saturated heterocycles. The number of alkyl halides is 1. The van der Waals surface area contributed by atoms with Crippen molar-refractivity contribution in [2.24, 2.45) is 5.41 Å². The van der Waals surface area contributed by atoms with Gasteiger partial charge in [0.1, 0.15) is 12.3 Å². The van der Waals surface area contributed by atoms with E-state index in [1.54, 1.807) is 0 Å². The number of hydrogen-bond donors (Lipinski definition) is 1. The van der Waals surface area contributed by atoms with Gasteiger partial charge in [-0.1, -0.05) is 0 Å². The molecule has 1 aliphatic rings. The molecule has 0 spiro atoms. The van der Waals surface area contributed by atoms with Gasteiger partial charge in [-0.05, 0) is 19.8 Å². The second-order valence-electron chi connectivity index (χ2n) is 3.66. The Morgan fingerprint density at radius 1 is 1.71 bits per heavy atom. The van der Waals surface area contributed by atoms with Crippen LogP contribution in [0.25, 0.3) is 0 Å². The Labute approximate surface area is 78.8 Å². The number of carbonyl (C=O) groups is 1. The fourth-order valence-corrected chi connectivity index (χ4v) is 1.61. The van der Waals surface area contributed by atoms with Crippen LogP contribution in [-0.4, -0.2) is 28.4 Å². The molecule has 0 radical (unpaired) electrons. The summed E-state index contributed by atoms with van der Waals surface area (Å²) in [5.41, 5.74) is -1.26. The van der Waals surface area contributed by atoms with Crippen molar-refractivity contribution in [2.45, 2.75) is 32.0 Å². The van der Waals surface area contributed by atoms with Gasteiger partial charge in [0.2, 0.25) is 0 Å². The predicted molar refractivity (Wildman–Crippen MR) is 41.7 cm³/mol. The first-order chi connectivity index (χ1) is 6.35. The first-order valence-electron chi connectivity index (χ1n) is 4.04. The van der Waals surface area contributed by atoms with Crippen molar-refractivity contribution in [3.63, 3.8) is 0 Å². The van der Waals surface area contributed by atoms with E-state index in [0.29, 0.717) is 0 Å². The van der Waals surface area contributed by atoms with Crippen LogP contribution in [0.15, 0.2) is 0 Å². The van der Waals surface area contributed by atoms with Crippen molar-refractivity contribution in [2.75, 3.05) is 0 Å². The fourth-order valence-electron chi connectivity index (χ4n) is 1.61. The Hall–Kier alpha value is -1.40. The summed E-state index contributed by atoms with van der Waals surface area (Å²) in [5, 5.41) is 17.6. The number of halogens is 1. The largest absolute Gasteiger partial charge is 0.481 e. The Bertz CT molecular complexity index is 271. The molecule has 1 rings (SSSR count). The summed E-state index contributed by atoms with van der Waals surface area (Å²) >= 11 is 0. The Morgan fingerprint density at radius 3 is 2.64 bits per heavy atom. The minimum absolute atomic E-state index is 0.176. The molecule has 0 bridgehead atoms. The number of nitrogens with zero attached hydrogens (tertiary/aromatic N) is 1. The van der Waals surface area contributed by atoms with E-state index in [2.05, 4.69) is 4.84 Å². The Morgan fingerprint density at radius 2 is 2.29 bits per heavy atom. The highest BCUT2D eigenvalue weighted by Gasteiger charge is 2.49. The van der Waals surface area contributed by atoms with Crippen molar-refractivity contribution >= 4 is 5.97 Å². The molecule has 1 aliphatic carbocycles. The third-order valence-electron chi connectivity index (χ3n) is 2.44. The van der Waals surface area contributed by atoms with Crippen molar-refractivity contribution in [3.05, 3.63) is 10.1 Å². The highest BCUT2D eigenvalue weighted by molar-refractivity contribution is 5.74. The molecule has 0 amide bonds. The Balaban J connectivity index is 2.68. The molecule has 7 heteroatoms. The van der Waals surface area contributed by atoms with Gasteiger partial charge in [0.15, 0.2) is 0 Å². The van der Waals surface area contributed by atoms with Gasteiger partial charge < -0.3 is 9.94 Å². The van der Waals surface area contributed by atoms with E-state index in [4.69, 9.17) is 5.11 Å². The summed E-state index contributed by atoms with van der Waals surface area (Å²) in [6, 6.07) is 0. The molecular formula is C7H10FNO5. The van der Waals surface area contributed by atoms with Crippen LogP contribution in [0.3, 0.4) is 0 Å². The van der Waals surface area contributed by atoms with E-state index < -0.39 is 28.7 Å². The van der Waals surface area contributed by atoms with Crippen LogP contribution in [0.2, 0.25) is 0 Å². The fraction of sp³-hybridized carbons (Fsp3) is 0.857. The van der Waals surface area contributed by atoms with Crippen LogP contribution < -0.4 is 0 Å². The van der Waals surface area contributed by atoms with Crippen LogP contribution in [0, 0.1) is 15.5 Å². The summed E-state index contributed by atoms with van der Waals surface area (Å²) in [7, 11) is 0. The zero-order valence-electron chi connectivity index (χ0n) is 7.47. The monoisotopic (exact) mass is 207 g/mol. The molecule has 14 heavy (non-hydrogen) atoms. The van der Waals surface area contributed by atoms with Crippen LogP contribution >= 0.6 is 0 Å². The standard InChI is InChI=1S/C7H10FNO5/c1-7(6(10)11)2-4(8)5(3-7)14-9(12)13/h4-5H,2-3H2,1H3,(H,10,11). The molecule has 3 atom stereocenters. The summed E-state index contributed by atoms with van der Waals surface area (Å²) in [6.45, 7) is 1.35. The van der Waals surface area contributed by atoms with E-state index in [-0.39, 0.29) is 12.8 Å². The molecule has 1 saturated carbocycles. The number of rotatable bonds is 3. The second kappa shape index (κ2) is 3.39. The summed E-state index contributed by atoms with van der Waals surface area (Å²) in [6.07, 6.45) is -3.28. The average molecular weight is 207 g/mol. The van der Waals surface area contributed by atoms with Crippen molar-refractivity contribution in [1.82, 2.24) is 0 Å². The topological polar surface area (TPSA) is 89.7 Å². The van der Waals surface area contributed by atoms with Gasteiger partial charge in [0.05, 0.1) is 5.41 Å². The molecule has 0 aromatic heterocycles. The van der Waals surface area contributed by atoms with Crippen LogP contribution in [0.1, 0.15) is 19.8 Å². The van der Waals surface area contributed by atoms with Crippen molar-refractivity contribution in [3.8, 4) is 0 Å². The molecule has 0 heterocycles. The quantitative estimate of drug-likeness (QED) is 0.545. The van der Waals surface area contributed by atoms with E-state index in [9.17, 15) is 19.3 Å². The highest BCUT2D eigenvalue weighted by Crippen LogP contribution is 2.41. The van der Waals surface area contributed by atoms with E-state index in [0.717, 1.165) is 0 Å². The molecule has 6 nitrogen and oxygen atoms in total. The Kier molecular flexibility index (Phi) is 2.59. The molecular weight excluding hydrogens is 197 g/mol. The molecule has 1 N–H and O–H groups in total. The zero-order chi connectivity index (χ0) is 10.9. The maximum atomic E-state index is 13.1. The zero-order valence-corrected chi connectivity index (χ0v) is 7.47. The normalized spacial score (nSPS) is 36.7. The number of aliphatic carboxylic acids is 1. The van der Waals surface area contributed by atoms with E-state index >= 15 is 0 Å². The number of carboxylic acid groups (broad SMARTS) is 1. The van der Waals surface area contributed by atoms with Crippen LogP contribution in [0.4, 0.5) is 4.39 Å². The second-order valence-corrected chi connectivity index (χ2v) is 3.66. The highest BCUT2D eigenvalue weighted by atomic mass is 19.1. The third kappa shape index (κ3) is 1.91. The minimum Gasteiger partial charge on any atom is -0.481 e. The van der Waals surface area contributed by atoms with Gasteiger partial charge in [0.25, 0.3) is 5.09 Å². The van der Waals surface area contributed by atoms with Gasteiger partial charge >= 0.3 is 5.97 Å². The maximum Gasteiger partial charge on any atom is 0.309 e. The average Bonchev–Trinajstić information content (AvgIpc) is 2.27. The number of carboxylic acids is 1. The summed E-state index contributed by atoms with van der Waals surface area (Å²) in [4.78, 5) is 24.7. The van der Waals surface area contributed by atoms with Crippen LogP contribution in [-0.2, 0) is 9.63 Å². The molecule has 0 aromatic carbocycles. The lowest BCUT2D eigenvalue weighted by atomic mass is 9.89. The smallest absolute Gasteiger partial charge is 0.309 e.